The second-order valence-electron chi connectivity index (χ2n) is 7.35. The topological polar surface area (TPSA) is 117 Å². The van der Waals surface area contributed by atoms with E-state index >= 15 is 0 Å². The van der Waals surface area contributed by atoms with Crippen LogP contribution < -0.4 is 10.9 Å². The van der Waals surface area contributed by atoms with Gasteiger partial charge in [-0.15, -0.1) is 0 Å². The molecule has 2 fully saturated rings. The number of aromatic amines is 1. The Bertz CT molecular complexity index is 932. The summed E-state index contributed by atoms with van der Waals surface area (Å²) < 4.78 is 5.88. The molecule has 1 aliphatic heterocycles. The zero-order valence-electron chi connectivity index (χ0n) is 15.9. The number of nitrogens with zero attached hydrogens (tertiary/aromatic N) is 3. The Balaban J connectivity index is 1.42. The molecule has 0 radical (unpaired) electrons. The normalized spacial score (nSPS) is 23.9. The molecule has 29 heavy (non-hydrogen) atoms. The minimum Gasteiger partial charge on any atom is -0.374 e. The summed E-state index contributed by atoms with van der Waals surface area (Å²) in [6.07, 6.45) is 6.43. The quantitative estimate of drug-likeness (QED) is 0.775. The van der Waals surface area contributed by atoms with Gasteiger partial charge in [0.15, 0.2) is 0 Å². The largest absolute Gasteiger partial charge is 0.374 e. The lowest BCUT2D eigenvalue weighted by molar-refractivity contribution is -0.131. The van der Waals surface area contributed by atoms with E-state index in [0.29, 0.717) is 37.3 Å². The van der Waals surface area contributed by atoms with Crippen LogP contribution in [0.3, 0.4) is 0 Å². The Kier molecular flexibility index (Phi) is 5.66. The maximum atomic E-state index is 13.0. The molecule has 0 bridgehead atoms. The van der Waals surface area contributed by atoms with Crippen LogP contribution in [0.15, 0.2) is 41.7 Å². The van der Waals surface area contributed by atoms with Gasteiger partial charge in [-0.3, -0.25) is 19.4 Å². The molecule has 3 atom stereocenters. The molecule has 3 heterocycles. The number of amides is 2. The number of hydrogen-bond acceptors (Lipinski definition) is 6. The number of hydrogen-bond donors (Lipinski definition) is 2. The van der Waals surface area contributed by atoms with E-state index in [-0.39, 0.29) is 42.0 Å². The highest BCUT2D eigenvalue weighted by atomic mass is 16.5. The first kappa shape index (κ1) is 19.3. The Morgan fingerprint density at radius 1 is 1.34 bits per heavy atom. The SMILES string of the molecule is O=C(NCc1cc(=O)[nH]cn1)[C@H]1CC[C@H]2OCCN(C(=O)c3cccnc3)[C@@H]2C1. The minimum absolute atomic E-state index is 0.0530. The van der Waals surface area contributed by atoms with Gasteiger partial charge in [0.05, 0.1) is 42.9 Å². The molecule has 2 aromatic rings. The van der Waals surface area contributed by atoms with E-state index in [1.807, 2.05) is 4.90 Å². The lowest BCUT2D eigenvalue weighted by Gasteiger charge is -2.45. The van der Waals surface area contributed by atoms with Crippen LogP contribution in [-0.2, 0) is 16.1 Å². The first-order valence-electron chi connectivity index (χ1n) is 9.76. The smallest absolute Gasteiger partial charge is 0.255 e. The number of nitrogens with one attached hydrogen (secondary N) is 2. The molecule has 1 saturated carbocycles. The standard InChI is InChI=1S/C20H23N5O4/c26-18-9-15(23-12-24-18)11-22-19(27)13-3-4-17-16(8-13)25(6-7-29-17)20(28)14-2-1-5-21-10-14/h1-2,5,9-10,12-13,16-17H,3-4,6-8,11H2,(H,22,27)(H,23,24,26)/t13-,16+,17+/m0/s1. The summed E-state index contributed by atoms with van der Waals surface area (Å²) >= 11 is 0. The van der Waals surface area contributed by atoms with E-state index in [1.165, 1.54) is 12.4 Å². The van der Waals surface area contributed by atoms with Crippen molar-refractivity contribution < 1.29 is 14.3 Å². The lowest BCUT2D eigenvalue weighted by Crippen LogP contribution is -2.57. The van der Waals surface area contributed by atoms with Crippen LogP contribution >= 0.6 is 0 Å². The Morgan fingerprint density at radius 2 is 2.24 bits per heavy atom. The van der Waals surface area contributed by atoms with Crippen LogP contribution in [0.4, 0.5) is 0 Å². The monoisotopic (exact) mass is 397 g/mol. The van der Waals surface area contributed by atoms with Gasteiger partial charge >= 0.3 is 0 Å². The number of rotatable bonds is 4. The van der Waals surface area contributed by atoms with E-state index < -0.39 is 0 Å². The number of H-pyrrole nitrogens is 1. The van der Waals surface area contributed by atoms with Crippen molar-refractivity contribution in [3.05, 3.63) is 58.5 Å². The molecule has 1 aliphatic carbocycles. The zero-order chi connectivity index (χ0) is 20.2. The van der Waals surface area contributed by atoms with Gasteiger partial charge in [0.1, 0.15) is 0 Å². The summed E-state index contributed by atoms with van der Waals surface area (Å²) in [6, 6.07) is 4.71. The summed E-state index contributed by atoms with van der Waals surface area (Å²) in [6.45, 7) is 1.19. The van der Waals surface area contributed by atoms with Gasteiger partial charge in [-0.2, -0.15) is 0 Å². The fourth-order valence-electron chi connectivity index (χ4n) is 4.08. The molecule has 1 saturated heterocycles. The average molecular weight is 397 g/mol. The van der Waals surface area contributed by atoms with Crippen LogP contribution in [0.2, 0.25) is 0 Å². The third-order valence-corrected chi connectivity index (χ3v) is 5.54. The van der Waals surface area contributed by atoms with Crippen molar-refractivity contribution in [2.24, 2.45) is 5.92 Å². The van der Waals surface area contributed by atoms with Gasteiger partial charge in [-0.25, -0.2) is 4.98 Å². The molecule has 0 unspecified atom stereocenters. The fourth-order valence-corrected chi connectivity index (χ4v) is 4.08. The van der Waals surface area contributed by atoms with Crippen molar-refractivity contribution in [3.8, 4) is 0 Å². The first-order valence-corrected chi connectivity index (χ1v) is 9.76. The van der Waals surface area contributed by atoms with Crippen molar-refractivity contribution in [2.45, 2.75) is 38.0 Å². The summed E-state index contributed by atoms with van der Waals surface area (Å²) in [4.78, 5) is 49.4. The van der Waals surface area contributed by atoms with Crippen LogP contribution in [0.1, 0.15) is 35.3 Å². The van der Waals surface area contributed by atoms with Crippen molar-refractivity contribution in [3.63, 3.8) is 0 Å². The molecule has 9 heteroatoms. The highest BCUT2D eigenvalue weighted by Crippen LogP contribution is 2.33. The van der Waals surface area contributed by atoms with E-state index in [4.69, 9.17) is 4.74 Å². The van der Waals surface area contributed by atoms with E-state index in [0.717, 1.165) is 6.42 Å². The number of pyridine rings is 1. The van der Waals surface area contributed by atoms with Crippen LogP contribution in [0, 0.1) is 5.92 Å². The van der Waals surface area contributed by atoms with Crippen molar-refractivity contribution in [1.82, 2.24) is 25.2 Å². The first-order chi connectivity index (χ1) is 14.1. The third kappa shape index (κ3) is 4.34. The van der Waals surface area contributed by atoms with E-state index in [2.05, 4.69) is 20.3 Å². The van der Waals surface area contributed by atoms with Crippen LogP contribution in [0.5, 0.6) is 0 Å². The molecular weight excluding hydrogens is 374 g/mol. The molecule has 2 N–H and O–H groups in total. The molecule has 2 amide bonds. The van der Waals surface area contributed by atoms with E-state index in [9.17, 15) is 14.4 Å². The molecule has 152 valence electrons. The molecule has 2 aromatic heterocycles. The molecule has 2 aliphatic rings. The Labute approximate surface area is 167 Å². The number of morpholine rings is 1. The summed E-state index contributed by atoms with van der Waals surface area (Å²) in [5.41, 5.74) is 0.791. The fraction of sp³-hybridized carbons (Fsp3) is 0.450. The molecule has 0 spiro atoms. The van der Waals surface area contributed by atoms with Gasteiger partial charge in [-0.1, -0.05) is 0 Å². The van der Waals surface area contributed by atoms with Gasteiger partial charge in [0.25, 0.3) is 11.5 Å². The summed E-state index contributed by atoms with van der Waals surface area (Å²) in [5.74, 6) is -0.390. The molecular formula is C20H23N5O4. The van der Waals surface area contributed by atoms with Crippen LogP contribution in [0.25, 0.3) is 0 Å². The minimum atomic E-state index is -0.256. The predicted octanol–water partition coefficient (Wildman–Crippen LogP) is 0.491. The number of carbonyl (C=O) groups excluding carboxylic acids is 2. The number of aromatic nitrogens is 3. The predicted molar refractivity (Wildman–Crippen MR) is 103 cm³/mol. The van der Waals surface area contributed by atoms with Crippen LogP contribution in [-0.4, -0.2) is 57.0 Å². The number of ether oxygens (including phenoxy) is 1. The number of fused-ring (bicyclic) bond motifs is 1. The maximum absolute atomic E-state index is 13.0. The Hall–Kier alpha value is -3.07. The summed E-state index contributed by atoms with van der Waals surface area (Å²) in [5, 5.41) is 2.86. The van der Waals surface area contributed by atoms with Gasteiger partial charge in [-0.05, 0) is 31.4 Å². The Morgan fingerprint density at radius 3 is 3.03 bits per heavy atom. The van der Waals surface area contributed by atoms with Gasteiger partial charge in [0, 0.05) is 30.9 Å². The molecule has 4 rings (SSSR count). The zero-order valence-corrected chi connectivity index (χ0v) is 15.9. The van der Waals surface area contributed by atoms with Crippen molar-refractivity contribution >= 4 is 11.8 Å². The lowest BCUT2D eigenvalue weighted by atomic mass is 9.81. The maximum Gasteiger partial charge on any atom is 0.255 e. The summed E-state index contributed by atoms with van der Waals surface area (Å²) in [7, 11) is 0. The average Bonchev–Trinajstić information content (AvgIpc) is 2.77. The van der Waals surface area contributed by atoms with E-state index in [1.54, 1.807) is 24.5 Å². The molecule has 9 nitrogen and oxygen atoms in total. The van der Waals surface area contributed by atoms with Gasteiger partial charge < -0.3 is 19.9 Å². The van der Waals surface area contributed by atoms with Crippen molar-refractivity contribution in [1.29, 1.82) is 0 Å². The second kappa shape index (κ2) is 8.52. The highest BCUT2D eigenvalue weighted by molar-refractivity contribution is 5.94. The molecule has 0 aromatic carbocycles. The number of carbonyl (C=O) groups is 2. The third-order valence-electron chi connectivity index (χ3n) is 5.54. The highest BCUT2D eigenvalue weighted by Gasteiger charge is 2.41. The van der Waals surface area contributed by atoms with Crippen molar-refractivity contribution in [2.75, 3.05) is 13.2 Å². The van der Waals surface area contributed by atoms with Gasteiger partial charge in [0.2, 0.25) is 5.91 Å². The second-order valence-corrected chi connectivity index (χ2v) is 7.35.